The molecule has 2 aliphatic rings. The summed E-state index contributed by atoms with van der Waals surface area (Å²) in [5.41, 5.74) is -1.44. The average molecular weight is 553 g/mol. The Morgan fingerprint density at radius 3 is 2.27 bits per heavy atom. The van der Waals surface area contributed by atoms with Gasteiger partial charge in [-0.1, -0.05) is 24.3 Å². The lowest BCUT2D eigenvalue weighted by Crippen LogP contribution is -2.44. The van der Waals surface area contributed by atoms with E-state index in [0.29, 0.717) is 12.0 Å². The number of amides is 2. The highest BCUT2D eigenvalue weighted by atomic mass is 19.1. The second-order valence-electron chi connectivity index (χ2n) is 11.4. The first kappa shape index (κ1) is 27.3. The van der Waals surface area contributed by atoms with E-state index in [4.69, 9.17) is 4.74 Å². The van der Waals surface area contributed by atoms with Crippen LogP contribution in [0.4, 0.5) is 13.6 Å². The van der Waals surface area contributed by atoms with Gasteiger partial charge in [-0.3, -0.25) is 9.59 Å². The number of nitrogens with zero attached hydrogens (tertiary/aromatic N) is 3. The predicted molar refractivity (Wildman–Crippen MR) is 141 cm³/mol. The molecule has 40 heavy (non-hydrogen) atoms. The molecule has 0 bridgehead atoms. The van der Waals surface area contributed by atoms with Crippen LogP contribution in [-0.4, -0.2) is 50.2 Å². The lowest BCUT2D eigenvalue weighted by molar-refractivity contribution is 0.0512. The van der Waals surface area contributed by atoms with Crippen LogP contribution in [0.25, 0.3) is 0 Å². The van der Waals surface area contributed by atoms with E-state index in [-0.39, 0.29) is 43.6 Å². The maximum atomic E-state index is 13.7. The van der Waals surface area contributed by atoms with Crippen molar-refractivity contribution in [1.82, 2.24) is 19.8 Å². The first-order chi connectivity index (χ1) is 18.8. The fourth-order valence-corrected chi connectivity index (χ4v) is 5.59. The van der Waals surface area contributed by atoms with Gasteiger partial charge in [-0.25, -0.2) is 13.6 Å². The number of hydrogen-bond acceptors (Lipinski definition) is 6. The third-order valence-corrected chi connectivity index (χ3v) is 7.20. The standard InChI is InChI=1S/C29H30F2N4O5/c1-28(2,3)40-27(39)32-16-29(12-17-4-8-19(30)9-5-17)13-21-15-34(14-18-6-10-20(31)11-7-18)25(38)22-23(36)24(37)33-26(29)35(21)22/h4-11,21,36H,12-16H2,1-3H3,(H,32,39). The first-order valence-electron chi connectivity index (χ1n) is 13.0. The number of alkyl carbamates (subject to hydrolysis) is 1. The Bertz CT molecular complexity index is 1520. The lowest BCUT2D eigenvalue weighted by Gasteiger charge is -2.34. The minimum absolute atomic E-state index is 0.0125. The molecule has 0 saturated heterocycles. The molecule has 0 spiro atoms. The zero-order chi connectivity index (χ0) is 28.8. The fourth-order valence-electron chi connectivity index (χ4n) is 5.59. The van der Waals surface area contributed by atoms with Crippen molar-refractivity contribution >= 4 is 12.0 Å². The molecule has 210 valence electrons. The van der Waals surface area contributed by atoms with E-state index in [2.05, 4.69) is 10.3 Å². The SMILES string of the molecule is CC(C)(C)OC(=O)NCC1(Cc2ccc(F)cc2)CC2CN(Cc3ccc(F)cc3)C(=O)c3c(O)c(=O)nc1n32. The Morgan fingerprint density at radius 2 is 1.68 bits per heavy atom. The molecule has 2 aliphatic heterocycles. The molecule has 11 heteroatoms. The minimum Gasteiger partial charge on any atom is -0.501 e. The summed E-state index contributed by atoms with van der Waals surface area (Å²) in [5.74, 6) is -1.86. The van der Waals surface area contributed by atoms with Crippen molar-refractivity contribution in [3.05, 3.63) is 93.2 Å². The monoisotopic (exact) mass is 552 g/mol. The number of nitrogens with one attached hydrogen (secondary N) is 1. The van der Waals surface area contributed by atoms with Crippen LogP contribution in [0.2, 0.25) is 0 Å². The maximum absolute atomic E-state index is 13.7. The number of hydrogen-bond donors (Lipinski definition) is 2. The molecule has 9 nitrogen and oxygen atoms in total. The summed E-state index contributed by atoms with van der Waals surface area (Å²) in [4.78, 5) is 44.8. The van der Waals surface area contributed by atoms with Gasteiger partial charge in [0, 0.05) is 19.6 Å². The third kappa shape index (κ3) is 5.28. The zero-order valence-corrected chi connectivity index (χ0v) is 22.4. The summed E-state index contributed by atoms with van der Waals surface area (Å²) in [5, 5.41) is 13.5. The van der Waals surface area contributed by atoms with Gasteiger partial charge in [0.05, 0.1) is 11.5 Å². The van der Waals surface area contributed by atoms with Crippen molar-refractivity contribution in [2.45, 2.75) is 57.2 Å². The van der Waals surface area contributed by atoms with Crippen molar-refractivity contribution in [1.29, 1.82) is 0 Å². The van der Waals surface area contributed by atoms with Gasteiger partial charge >= 0.3 is 11.7 Å². The summed E-state index contributed by atoms with van der Waals surface area (Å²) in [7, 11) is 0. The van der Waals surface area contributed by atoms with Crippen LogP contribution in [0, 0.1) is 11.6 Å². The number of carbonyl (C=O) groups is 2. The van der Waals surface area contributed by atoms with Gasteiger partial charge in [-0.2, -0.15) is 4.98 Å². The van der Waals surface area contributed by atoms with Gasteiger partial charge in [0.1, 0.15) is 23.1 Å². The Hall–Kier alpha value is -4.28. The molecule has 0 aliphatic carbocycles. The number of ether oxygens (including phenoxy) is 1. The summed E-state index contributed by atoms with van der Waals surface area (Å²) < 4.78 is 34.2. The molecule has 2 aromatic carbocycles. The lowest BCUT2D eigenvalue weighted by atomic mass is 9.78. The summed E-state index contributed by atoms with van der Waals surface area (Å²) in [6.45, 7) is 5.60. The van der Waals surface area contributed by atoms with E-state index in [0.717, 1.165) is 5.56 Å². The topological polar surface area (TPSA) is 114 Å². The minimum atomic E-state index is -0.979. The van der Waals surface area contributed by atoms with Crippen LogP contribution in [0.3, 0.4) is 0 Å². The average Bonchev–Trinajstić information content (AvgIpc) is 3.17. The van der Waals surface area contributed by atoms with Crippen LogP contribution < -0.4 is 10.9 Å². The Labute approximate surface area is 229 Å². The van der Waals surface area contributed by atoms with Gasteiger partial charge in [-0.05, 0) is 69.0 Å². The van der Waals surface area contributed by atoms with Crippen LogP contribution in [0.1, 0.15) is 60.7 Å². The summed E-state index contributed by atoms with van der Waals surface area (Å²) in [6, 6.07) is 11.2. The molecule has 0 radical (unpaired) electrons. The first-order valence-corrected chi connectivity index (χ1v) is 13.0. The van der Waals surface area contributed by atoms with Crippen molar-refractivity contribution in [3.63, 3.8) is 0 Å². The van der Waals surface area contributed by atoms with Crippen molar-refractivity contribution in [2.75, 3.05) is 13.1 Å². The van der Waals surface area contributed by atoms with Crippen LogP contribution in [0.5, 0.6) is 5.75 Å². The van der Waals surface area contributed by atoms with Crippen LogP contribution >= 0.6 is 0 Å². The van der Waals surface area contributed by atoms with Crippen molar-refractivity contribution in [3.8, 4) is 5.75 Å². The second-order valence-corrected chi connectivity index (χ2v) is 11.4. The van der Waals surface area contributed by atoms with Crippen molar-refractivity contribution < 1.29 is 28.2 Å². The normalized spacial score (nSPS) is 19.9. The van der Waals surface area contributed by atoms with E-state index in [1.807, 2.05) is 0 Å². The second kappa shape index (κ2) is 10.0. The quantitative estimate of drug-likeness (QED) is 0.481. The number of carbonyl (C=O) groups excluding carboxylic acids is 2. The highest BCUT2D eigenvalue weighted by Gasteiger charge is 2.51. The molecular formula is C29H30F2N4O5. The molecule has 2 amide bonds. The van der Waals surface area contributed by atoms with Gasteiger partial charge in [0.25, 0.3) is 5.91 Å². The highest BCUT2D eigenvalue weighted by molar-refractivity contribution is 5.96. The van der Waals surface area contributed by atoms with Crippen molar-refractivity contribution in [2.24, 2.45) is 0 Å². The Morgan fingerprint density at radius 1 is 1.07 bits per heavy atom. The van der Waals surface area contributed by atoms with Gasteiger partial charge < -0.3 is 24.6 Å². The van der Waals surface area contributed by atoms with E-state index < -0.39 is 46.0 Å². The van der Waals surface area contributed by atoms with E-state index >= 15 is 0 Å². The number of aromatic hydroxyl groups is 1. The maximum Gasteiger partial charge on any atom is 0.407 e. The highest BCUT2D eigenvalue weighted by Crippen LogP contribution is 2.46. The predicted octanol–water partition coefficient (Wildman–Crippen LogP) is 3.83. The molecule has 3 heterocycles. The molecule has 2 unspecified atom stereocenters. The Kier molecular flexibility index (Phi) is 6.85. The van der Waals surface area contributed by atoms with Crippen LogP contribution in [0.15, 0.2) is 53.3 Å². The van der Waals surface area contributed by atoms with E-state index in [1.54, 1.807) is 49.6 Å². The zero-order valence-electron chi connectivity index (χ0n) is 22.4. The summed E-state index contributed by atoms with van der Waals surface area (Å²) in [6.07, 6.45) is -0.0373. The molecule has 5 rings (SSSR count). The summed E-state index contributed by atoms with van der Waals surface area (Å²) >= 11 is 0. The molecule has 0 saturated carbocycles. The molecular weight excluding hydrogens is 522 g/mol. The van der Waals surface area contributed by atoms with Gasteiger partial charge in [-0.15, -0.1) is 0 Å². The fraction of sp³-hybridized carbons (Fsp3) is 0.379. The molecule has 3 aromatic rings. The van der Waals surface area contributed by atoms with Gasteiger partial charge in [0.2, 0.25) is 5.75 Å². The van der Waals surface area contributed by atoms with Crippen LogP contribution in [-0.2, 0) is 23.1 Å². The Balaban J connectivity index is 1.55. The van der Waals surface area contributed by atoms with E-state index in [1.165, 1.54) is 29.2 Å². The number of aromatic nitrogens is 2. The third-order valence-electron chi connectivity index (χ3n) is 7.20. The number of benzene rings is 2. The molecule has 2 atom stereocenters. The largest absolute Gasteiger partial charge is 0.501 e. The van der Waals surface area contributed by atoms with Gasteiger partial charge in [0.15, 0.2) is 5.69 Å². The molecule has 2 N–H and O–H groups in total. The molecule has 0 fully saturated rings. The number of halogens is 2. The smallest absolute Gasteiger partial charge is 0.407 e. The molecule has 1 aromatic heterocycles. The number of rotatable bonds is 6. The van der Waals surface area contributed by atoms with E-state index in [9.17, 15) is 28.3 Å².